The Labute approximate surface area is 124 Å². The molecule has 6 nitrogen and oxygen atoms in total. The van der Waals surface area contributed by atoms with E-state index in [9.17, 15) is 15.0 Å². The Morgan fingerprint density at radius 2 is 1.76 bits per heavy atom. The standard InChI is InChI=1S/C15H23N3O3/c1-9-11(10(2)18-17-9)5-4-8-16-15(21)14-12(19)6-3-7-13(14)20/h3,6-7,9-11,17-20H,4-5,8H2,1-2H3,(H,16,21). The number of hydrazine groups is 1. The fraction of sp³-hybridized carbons (Fsp3) is 0.533. The monoisotopic (exact) mass is 293 g/mol. The van der Waals surface area contributed by atoms with Crippen molar-refractivity contribution < 1.29 is 15.0 Å². The number of amides is 1. The van der Waals surface area contributed by atoms with E-state index in [0.29, 0.717) is 24.5 Å². The van der Waals surface area contributed by atoms with Crippen LogP contribution in [0.1, 0.15) is 37.0 Å². The highest BCUT2D eigenvalue weighted by atomic mass is 16.3. The lowest BCUT2D eigenvalue weighted by molar-refractivity contribution is 0.0947. The Bertz CT molecular complexity index is 477. The summed E-state index contributed by atoms with van der Waals surface area (Å²) in [4.78, 5) is 12.0. The molecule has 0 aliphatic carbocycles. The molecule has 2 unspecified atom stereocenters. The molecule has 2 atom stereocenters. The van der Waals surface area contributed by atoms with Crippen molar-refractivity contribution in [2.24, 2.45) is 5.92 Å². The highest BCUT2D eigenvalue weighted by molar-refractivity contribution is 5.99. The first-order valence-electron chi connectivity index (χ1n) is 7.31. The number of carbonyl (C=O) groups is 1. The molecule has 1 aliphatic rings. The molecule has 6 heteroatoms. The number of hydrogen-bond acceptors (Lipinski definition) is 5. The maximum Gasteiger partial charge on any atom is 0.258 e. The van der Waals surface area contributed by atoms with E-state index in [1.165, 1.54) is 18.2 Å². The number of rotatable bonds is 5. The highest BCUT2D eigenvalue weighted by Crippen LogP contribution is 2.26. The van der Waals surface area contributed by atoms with Crippen molar-refractivity contribution in [3.05, 3.63) is 23.8 Å². The van der Waals surface area contributed by atoms with Gasteiger partial charge in [-0.1, -0.05) is 6.07 Å². The summed E-state index contributed by atoms with van der Waals surface area (Å²) < 4.78 is 0. The van der Waals surface area contributed by atoms with Gasteiger partial charge in [-0.3, -0.25) is 15.6 Å². The second-order valence-electron chi connectivity index (χ2n) is 5.60. The van der Waals surface area contributed by atoms with E-state index in [1.807, 2.05) is 0 Å². The Morgan fingerprint density at radius 1 is 1.19 bits per heavy atom. The van der Waals surface area contributed by atoms with Crippen molar-refractivity contribution in [2.75, 3.05) is 6.54 Å². The molecule has 2 rings (SSSR count). The molecule has 1 aromatic rings. The molecule has 1 heterocycles. The summed E-state index contributed by atoms with van der Waals surface area (Å²) >= 11 is 0. The predicted molar refractivity (Wildman–Crippen MR) is 80.0 cm³/mol. The summed E-state index contributed by atoms with van der Waals surface area (Å²) in [5.41, 5.74) is 6.35. The number of benzene rings is 1. The smallest absolute Gasteiger partial charge is 0.258 e. The zero-order valence-electron chi connectivity index (χ0n) is 12.4. The highest BCUT2D eigenvalue weighted by Gasteiger charge is 2.28. The van der Waals surface area contributed by atoms with Crippen LogP contribution in [-0.2, 0) is 0 Å². The molecule has 5 N–H and O–H groups in total. The molecular weight excluding hydrogens is 270 g/mol. The second kappa shape index (κ2) is 6.78. The van der Waals surface area contributed by atoms with Crippen LogP contribution in [0.15, 0.2) is 18.2 Å². The van der Waals surface area contributed by atoms with Gasteiger partial charge < -0.3 is 15.5 Å². The minimum Gasteiger partial charge on any atom is -0.507 e. The number of hydrogen-bond donors (Lipinski definition) is 5. The van der Waals surface area contributed by atoms with Gasteiger partial charge in [-0.05, 0) is 44.7 Å². The van der Waals surface area contributed by atoms with Crippen LogP contribution in [0, 0.1) is 5.92 Å². The van der Waals surface area contributed by atoms with Gasteiger partial charge in [0, 0.05) is 18.6 Å². The van der Waals surface area contributed by atoms with E-state index >= 15 is 0 Å². The molecule has 1 saturated heterocycles. The topological polar surface area (TPSA) is 93.6 Å². The molecule has 1 aliphatic heterocycles. The van der Waals surface area contributed by atoms with Crippen LogP contribution in [-0.4, -0.2) is 34.7 Å². The van der Waals surface area contributed by atoms with Gasteiger partial charge in [0.2, 0.25) is 0 Å². The van der Waals surface area contributed by atoms with Crippen molar-refractivity contribution in [3.8, 4) is 11.5 Å². The summed E-state index contributed by atoms with van der Waals surface area (Å²) in [6.45, 7) is 4.79. The molecule has 0 saturated carbocycles. The predicted octanol–water partition coefficient (Wildman–Crippen LogP) is 1.11. The number of aromatic hydroxyl groups is 2. The van der Waals surface area contributed by atoms with Crippen molar-refractivity contribution in [2.45, 2.75) is 38.8 Å². The van der Waals surface area contributed by atoms with Crippen LogP contribution in [0.2, 0.25) is 0 Å². The Kier molecular flexibility index (Phi) is 5.03. The quantitative estimate of drug-likeness (QED) is 0.524. The maximum absolute atomic E-state index is 12.0. The van der Waals surface area contributed by atoms with Gasteiger partial charge in [0.1, 0.15) is 17.1 Å². The minimum atomic E-state index is -0.450. The van der Waals surface area contributed by atoms with Crippen molar-refractivity contribution in [3.63, 3.8) is 0 Å². The first kappa shape index (κ1) is 15.6. The lowest BCUT2D eigenvalue weighted by Crippen LogP contribution is -2.30. The zero-order chi connectivity index (χ0) is 15.4. The Morgan fingerprint density at radius 3 is 2.33 bits per heavy atom. The third-order valence-corrected chi connectivity index (χ3v) is 4.07. The first-order chi connectivity index (χ1) is 10.0. The van der Waals surface area contributed by atoms with Gasteiger partial charge in [-0.15, -0.1) is 0 Å². The van der Waals surface area contributed by atoms with E-state index in [1.54, 1.807) is 0 Å². The molecular formula is C15H23N3O3. The van der Waals surface area contributed by atoms with Gasteiger partial charge in [-0.25, -0.2) is 0 Å². The normalized spacial score (nSPS) is 25.0. The van der Waals surface area contributed by atoms with Gasteiger partial charge in [0.05, 0.1) is 0 Å². The maximum atomic E-state index is 12.0. The van der Waals surface area contributed by atoms with E-state index in [-0.39, 0.29) is 17.1 Å². The van der Waals surface area contributed by atoms with Crippen LogP contribution in [0.5, 0.6) is 11.5 Å². The minimum absolute atomic E-state index is 0.0663. The van der Waals surface area contributed by atoms with Crippen LogP contribution in [0.25, 0.3) is 0 Å². The van der Waals surface area contributed by atoms with E-state index < -0.39 is 5.91 Å². The van der Waals surface area contributed by atoms with Crippen LogP contribution in [0.4, 0.5) is 0 Å². The van der Waals surface area contributed by atoms with Gasteiger partial charge in [0.15, 0.2) is 0 Å². The average molecular weight is 293 g/mol. The molecule has 0 spiro atoms. The van der Waals surface area contributed by atoms with E-state index in [0.717, 1.165) is 12.8 Å². The largest absolute Gasteiger partial charge is 0.507 e. The fourth-order valence-corrected chi connectivity index (χ4v) is 2.80. The summed E-state index contributed by atoms with van der Waals surface area (Å²) in [6, 6.07) is 5.09. The summed E-state index contributed by atoms with van der Waals surface area (Å²) in [5.74, 6) is -0.340. The van der Waals surface area contributed by atoms with E-state index in [4.69, 9.17) is 0 Å². The third-order valence-electron chi connectivity index (χ3n) is 4.07. The van der Waals surface area contributed by atoms with Crippen molar-refractivity contribution in [1.29, 1.82) is 0 Å². The molecule has 116 valence electrons. The SMILES string of the molecule is CC1NNC(C)C1CCCNC(=O)c1c(O)cccc1O. The van der Waals surface area contributed by atoms with Gasteiger partial charge in [-0.2, -0.15) is 0 Å². The summed E-state index contributed by atoms with van der Waals surface area (Å²) in [5, 5.41) is 22.0. The molecule has 0 bridgehead atoms. The van der Waals surface area contributed by atoms with E-state index in [2.05, 4.69) is 30.0 Å². The molecule has 1 amide bonds. The van der Waals surface area contributed by atoms with Crippen LogP contribution < -0.4 is 16.2 Å². The van der Waals surface area contributed by atoms with Gasteiger partial charge in [0.25, 0.3) is 5.91 Å². The zero-order valence-corrected chi connectivity index (χ0v) is 12.4. The number of phenolic OH excluding ortho intramolecular Hbond substituents is 2. The number of phenols is 2. The van der Waals surface area contributed by atoms with Crippen LogP contribution in [0.3, 0.4) is 0 Å². The Hall–Kier alpha value is -1.79. The lowest BCUT2D eigenvalue weighted by Gasteiger charge is -2.17. The third kappa shape index (κ3) is 3.65. The summed E-state index contributed by atoms with van der Waals surface area (Å²) in [7, 11) is 0. The molecule has 0 radical (unpaired) electrons. The van der Waals surface area contributed by atoms with Gasteiger partial charge >= 0.3 is 0 Å². The Balaban J connectivity index is 1.80. The average Bonchev–Trinajstić information content (AvgIpc) is 2.74. The lowest BCUT2D eigenvalue weighted by atomic mass is 9.92. The molecule has 21 heavy (non-hydrogen) atoms. The fourth-order valence-electron chi connectivity index (χ4n) is 2.80. The first-order valence-corrected chi connectivity index (χ1v) is 7.31. The molecule has 1 fully saturated rings. The second-order valence-corrected chi connectivity index (χ2v) is 5.60. The van der Waals surface area contributed by atoms with Crippen LogP contribution >= 0.6 is 0 Å². The summed E-state index contributed by atoms with van der Waals surface area (Å²) in [6.07, 6.45) is 1.85. The molecule has 0 aromatic heterocycles. The number of nitrogens with one attached hydrogen (secondary N) is 3. The van der Waals surface area contributed by atoms with Crippen molar-refractivity contribution in [1.82, 2.24) is 16.2 Å². The molecule has 1 aromatic carbocycles. The van der Waals surface area contributed by atoms with Crippen molar-refractivity contribution >= 4 is 5.91 Å². The number of carbonyl (C=O) groups excluding carboxylic acids is 1.